The normalized spacial score (nSPS) is 17.5. The number of nitrogens with one attached hydrogen (secondary N) is 1. The Bertz CT molecular complexity index is 904. The van der Waals surface area contributed by atoms with E-state index in [-0.39, 0.29) is 18.4 Å². The van der Waals surface area contributed by atoms with Crippen molar-refractivity contribution < 1.29 is 18.8 Å². The molecule has 2 aromatic rings. The zero-order valence-corrected chi connectivity index (χ0v) is 15.9. The lowest BCUT2D eigenvalue weighted by atomic mass is 10.1. The average Bonchev–Trinajstić information content (AvgIpc) is 3.34. The maximum atomic E-state index is 13.3. The van der Waals surface area contributed by atoms with Gasteiger partial charge >= 0.3 is 0 Å². The molecule has 1 unspecified atom stereocenters. The first kappa shape index (κ1) is 19.3. The molecule has 1 saturated heterocycles. The number of fused-ring (bicyclic) bond motifs is 1. The quantitative estimate of drug-likeness (QED) is 0.763. The molecule has 0 bridgehead atoms. The monoisotopic (exact) mass is 395 g/mol. The Morgan fingerprint density at radius 1 is 0.966 bits per heavy atom. The second-order valence-electron chi connectivity index (χ2n) is 7.36. The molecule has 0 aliphatic carbocycles. The number of hydrogen-bond acceptors (Lipinski definition) is 4. The summed E-state index contributed by atoms with van der Waals surface area (Å²) in [4.78, 5) is 40.6. The molecular weight excluding hydrogens is 373 g/mol. The van der Waals surface area contributed by atoms with Gasteiger partial charge in [0.15, 0.2) is 0 Å². The second kappa shape index (κ2) is 8.13. The lowest BCUT2D eigenvalue weighted by molar-refractivity contribution is -0.121. The van der Waals surface area contributed by atoms with Crippen molar-refractivity contribution in [1.82, 2.24) is 15.1 Å². The van der Waals surface area contributed by atoms with Crippen molar-refractivity contribution in [1.29, 1.82) is 0 Å². The van der Waals surface area contributed by atoms with Crippen LogP contribution in [0.2, 0.25) is 0 Å². The van der Waals surface area contributed by atoms with Gasteiger partial charge in [0.2, 0.25) is 5.91 Å². The van der Waals surface area contributed by atoms with Gasteiger partial charge in [-0.1, -0.05) is 24.3 Å². The van der Waals surface area contributed by atoms with Crippen molar-refractivity contribution >= 4 is 17.7 Å². The van der Waals surface area contributed by atoms with Crippen molar-refractivity contribution in [3.63, 3.8) is 0 Å². The van der Waals surface area contributed by atoms with Gasteiger partial charge in [0.25, 0.3) is 11.8 Å². The third-order valence-corrected chi connectivity index (χ3v) is 5.51. The summed E-state index contributed by atoms with van der Waals surface area (Å²) < 4.78 is 13.3. The molecule has 2 heterocycles. The van der Waals surface area contributed by atoms with Crippen molar-refractivity contribution in [3.8, 4) is 0 Å². The lowest BCUT2D eigenvalue weighted by Crippen LogP contribution is -2.43. The number of likely N-dealkylation sites (tertiary alicyclic amines) is 1. The summed E-state index contributed by atoms with van der Waals surface area (Å²) in [5, 5.41) is 2.85. The minimum atomic E-state index is -0.449. The van der Waals surface area contributed by atoms with E-state index in [0.717, 1.165) is 36.4 Å². The number of carbonyl (C=O) groups excluding carboxylic acids is 3. The van der Waals surface area contributed by atoms with Crippen LogP contribution in [-0.2, 0) is 4.79 Å². The number of carbonyl (C=O) groups is 3. The summed E-state index contributed by atoms with van der Waals surface area (Å²) in [6, 6.07) is 12.8. The van der Waals surface area contributed by atoms with Crippen LogP contribution in [0.15, 0.2) is 48.5 Å². The molecular formula is C22H22FN3O3. The largest absolute Gasteiger partial charge is 0.353 e. The van der Waals surface area contributed by atoms with Crippen LogP contribution in [-0.4, -0.2) is 53.7 Å². The van der Waals surface area contributed by atoms with Gasteiger partial charge in [-0.2, -0.15) is 0 Å². The Morgan fingerprint density at radius 3 is 2.14 bits per heavy atom. The van der Waals surface area contributed by atoms with Crippen LogP contribution < -0.4 is 5.32 Å². The molecule has 1 fully saturated rings. The summed E-state index contributed by atoms with van der Waals surface area (Å²) in [7, 11) is 0. The Balaban J connectivity index is 1.41. The molecule has 1 N–H and O–H groups in total. The van der Waals surface area contributed by atoms with Crippen LogP contribution >= 0.6 is 0 Å². The predicted molar refractivity (Wildman–Crippen MR) is 105 cm³/mol. The maximum absolute atomic E-state index is 13.3. The van der Waals surface area contributed by atoms with Crippen LogP contribution in [0.4, 0.5) is 4.39 Å². The molecule has 0 saturated carbocycles. The zero-order valence-electron chi connectivity index (χ0n) is 15.9. The highest BCUT2D eigenvalue weighted by Crippen LogP contribution is 2.25. The summed E-state index contributed by atoms with van der Waals surface area (Å²) in [6.07, 6.45) is 2.17. The van der Waals surface area contributed by atoms with E-state index in [2.05, 4.69) is 10.2 Å². The molecule has 1 atom stereocenters. The van der Waals surface area contributed by atoms with E-state index in [0.29, 0.717) is 17.7 Å². The first-order valence-corrected chi connectivity index (χ1v) is 9.76. The Labute approximate surface area is 168 Å². The third kappa shape index (κ3) is 3.91. The first-order chi connectivity index (χ1) is 14.0. The number of amides is 3. The molecule has 6 nitrogen and oxygen atoms in total. The number of benzene rings is 2. The van der Waals surface area contributed by atoms with E-state index >= 15 is 0 Å². The van der Waals surface area contributed by atoms with Crippen molar-refractivity contribution in [2.45, 2.75) is 18.9 Å². The van der Waals surface area contributed by atoms with Gasteiger partial charge in [-0.15, -0.1) is 0 Å². The standard InChI is InChI=1S/C22H22FN3O3/c23-16-9-7-15(8-10-16)19(25-11-3-4-12-25)13-24-20(27)14-26-21(28)17-5-1-2-6-18(17)22(26)29/h1-2,5-10,19H,3-4,11-14H2,(H,24,27). The molecule has 3 amide bonds. The van der Waals surface area contributed by atoms with E-state index in [1.807, 2.05) is 0 Å². The van der Waals surface area contributed by atoms with Gasteiger partial charge in [-0.05, 0) is 55.8 Å². The van der Waals surface area contributed by atoms with Crippen molar-refractivity contribution in [2.75, 3.05) is 26.2 Å². The number of hydrogen-bond donors (Lipinski definition) is 1. The molecule has 29 heavy (non-hydrogen) atoms. The van der Waals surface area contributed by atoms with E-state index in [4.69, 9.17) is 0 Å². The highest BCUT2D eigenvalue weighted by Gasteiger charge is 2.36. The molecule has 2 aliphatic rings. The summed E-state index contributed by atoms with van der Waals surface area (Å²) in [5.41, 5.74) is 1.58. The lowest BCUT2D eigenvalue weighted by Gasteiger charge is -2.28. The molecule has 150 valence electrons. The highest BCUT2D eigenvalue weighted by molar-refractivity contribution is 6.22. The van der Waals surface area contributed by atoms with Crippen LogP contribution in [0.25, 0.3) is 0 Å². The van der Waals surface area contributed by atoms with Gasteiger partial charge in [-0.3, -0.25) is 24.2 Å². The van der Waals surface area contributed by atoms with Crippen molar-refractivity contribution in [2.24, 2.45) is 0 Å². The molecule has 7 heteroatoms. The minimum Gasteiger partial charge on any atom is -0.353 e. The van der Waals surface area contributed by atoms with Gasteiger partial charge in [0, 0.05) is 6.54 Å². The summed E-state index contributed by atoms with van der Waals surface area (Å²) in [5.74, 6) is -1.60. The average molecular weight is 395 g/mol. The molecule has 0 aromatic heterocycles. The summed E-state index contributed by atoms with van der Waals surface area (Å²) in [6.45, 7) is 1.84. The molecule has 0 spiro atoms. The SMILES string of the molecule is O=C(CN1C(=O)c2ccccc2C1=O)NCC(c1ccc(F)cc1)N1CCCC1. The Morgan fingerprint density at radius 2 is 1.55 bits per heavy atom. The van der Waals surface area contributed by atoms with Gasteiger partial charge < -0.3 is 5.32 Å². The van der Waals surface area contributed by atoms with Crippen LogP contribution in [0.1, 0.15) is 45.2 Å². The fourth-order valence-electron chi connectivity index (χ4n) is 3.99. The number of halogens is 1. The predicted octanol–water partition coefficient (Wildman–Crippen LogP) is 2.38. The van der Waals surface area contributed by atoms with E-state index < -0.39 is 17.7 Å². The molecule has 2 aliphatic heterocycles. The summed E-state index contributed by atoms with van der Waals surface area (Å²) >= 11 is 0. The number of rotatable bonds is 6. The van der Waals surface area contributed by atoms with E-state index in [1.165, 1.54) is 12.1 Å². The fourth-order valence-corrected chi connectivity index (χ4v) is 3.99. The topological polar surface area (TPSA) is 69.7 Å². The number of imide groups is 1. The fraction of sp³-hybridized carbons (Fsp3) is 0.318. The molecule has 0 radical (unpaired) electrons. The van der Waals surface area contributed by atoms with Crippen LogP contribution in [0.5, 0.6) is 0 Å². The van der Waals surface area contributed by atoms with Crippen molar-refractivity contribution in [3.05, 3.63) is 71.0 Å². The van der Waals surface area contributed by atoms with Crippen LogP contribution in [0.3, 0.4) is 0 Å². The third-order valence-electron chi connectivity index (χ3n) is 5.51. The minimum absolute atomic E-state index is 0.0794. The molecule has 2 aromatic carbocycles. The van der Waals surface area contributed by atoms with E-state index in [9.17, 15) is 18.8 Å². The van der Waals surface area contributed by atoms with Gasteiger partial charge in [0.05, 0.1) is 17.2 Å². The Kier molecular flexibility index (Phi) is 5.40. The van der Waals surface area contributed by atoms with Gasteiger partial charge in [0.1, 0.15) is 12.4 Å². The second-order valence-corrected chi connectivity index (χ2v) is 7.36. The smallest absolute Gasteiger partial charge is 0.262 e. The maximum Gasteiger partial charge on any atom is 0.262 e. The first-order valence-electron chi connectivity index (χ1n) is 9.76. The van der Waals surface area contributed by atoms with E-state index in [1.54, 1.807) is 36.4 Å². The Hall–Kier alpha value is -3.06. The molecule has 4 rings (SSSR count). The van der Waals surface area contributed by atoms with Crippen LogP contribution in [0, 0.1) is 5.82 Å². The zero-order chi connectivity index (χ0) is 20.4. The number of nitrogens with zero attached hydrogens (tertiary/aromatic N) is 2. The van der Waals surface area contributed by atoms with Gasteiger partial charge in [-0.25, -0.2) is 4.39 Å². The highest BCUT2D eigenvalue weighted by atomic mass is 19.1.